The lowest BCUT2D eigenvalue weighted by Gasteiger charge is -2.38. The summed E-state index contributed by atoms with van der Waals surface area (Å²) < 4.78 is 5.11. The first kappa shape index (κ1) is 11.5. The van der Waals surface area contributed by atoms with Gasteiger partial charge < -0.3 is 15.0 Å². The highest BCUT2D eigenvalue weighted by Crippen LogP contribution is 2.24. The maximum absolute atomic E-state index is 11.4. The fraction of sp³-hybridized carbons (Fsp3) is 0.900. The van der Waals surface area contributed by atoms with Crippen LogP contribution in [-0.2, 0) is 9.53 Å². The van der Waals surface area contributed by atoms with Crippen molar-refractivity contribution < 1.29 is 9.53 Å². The Morgan fingerprint density at radius 2 is 2.14 bits per heavy atom. The summed E-state index contributed by atoms with van der Waals surface area (Å²) in [5.41, 5.74) is 0.174. The number of nitrogens with zero attached hydrogens (tertiary/aromatic N) is 1. The Morgan fingerprint density at radius 3 is 2.57 bits per heavy atom. The van der Waals surface area contributed by atoms with Gasteiger partial charge in [-0.15, -0.1) is 0 Å². The predicted molar refractivity (Wildman–Crippen MR) is 55.1 cm³/mol. The summed E-state index contributed by atoms with van der Waals surface area (Å²) in [6.07, 6.45) is 0.573. The molecule has 0 spiro atoms. The molecule has 1 heterocycles. The van der Waals surface area contributed by atoms with Crippen molar-refractivity contribution >= 4 is 5.91 Å². The second-order valence-electron chi connectivity index (χ2n) is 4.63. The van der Waals surface area contributed by atoms with E-state index in [1.807, 2.05) is 19.0 Å². The number of ether oxygens (including phenoxy) is 1. The Labute approximate surface area is 85.6 Å². The van der Waals surface area contributed by atoms with Gasteiger partial charge in [0.15, 0.2) is 0 Å². The van der Waals surface area contributed by atoms with Crippen LogP contribution in [0.25, 0.3) is 0 Å². The molecule has 1 amide bonds. The van der Waals surface area contributed by atoms with Crippen LogP contribution in [-0.4, -0.2) is 51.2 Å². The first-order valence-corrected chi connectivity index (χ1v) is 5.01. The van der Waals surface area contributed by atoms with Crippen molar-refractivity contribution in [2.75, 3.05) is 40.4 Å². The second kappa shape index (κ2) is 4.75. The monoisotopic (exact) mass is 200 g/mol. The van der Waals surface area contributed by atoms with Crippen LogP contribution in [0.1, 0.15) is 13.3 Å². The molecule has 4 heteroatoms. The first-order chi connectivity index (χ1) is 6.52. The van der Waals surface area contributed by atoms with Gasteiger partial charge in [-0.2, -0.15) is 0 Å². The van der Waals surface area contributed by atoms with Crippen LogP contribution < -0.4 is 5.32 Å². The van der Waals surface area contributed by atoms with E-state index in [1.165, 1.54) is 0 Å². The largest absolute Gasteiger partial charge is 0.380 e. The molecule has 1 fully saturated rings. The third-order valence-corrected chi connectivity index (χ3v) is 2.40. The molecular formula is C10H20N2O2. The van der Waals surface area contributed by atoms with E-state index < -0.39 is 0 Å². The molecule has 1 saturated heterocycles. The molecule has 0 aromatic heterocycles. The van der Waals surface area contributed by atoms with E-state index in [1.54, 1.807) is 0 Å². The maximum atomic E-state index is 11.4. The molecule has 1 N–H and O–H groups in total. The number of nitrogens with one attached hydrogen (secondary N) is 1. The number of carbonyl (C=O) groups excluding carboxylic acids is 1. The van der Waals surface area contributed by atoms with Crippen LogP contribution in [0.15, 0.2) is 0 Å². The summed E-state index contributed by atoms with van der Waals surface area (Å²) in [6.45, 7) is 5.20. The number of hydrogen-bond acceptors (Lipinski definition) is 3. The van der Waals surface area contributed by atoms with Gasteiger partial charge in [0.1, 0.15) is 0 Å². The van der Waals surface area contributed by atoms with Crippen molar-refractivity contribution in [1.29, 1.82) is 0 Å². The number of carbonyl (C=O) groups is 1. The fourth-order valence-electron chi connectivity index (χ4n) is 1.28. The van der Waals surface area contributed by atoms with Gasteiger partial charge in [0.2, 0.25) is 5.91 Å². The lowest BCUT2D eigenvalue weighted by molar-refractivity contribution is -0.127. The smallest absolute Gasteiger partial charge is 0.221 e. The van der Waals surface area contributed by atoms with E-state index in [0.29, 0.717) is 6.42 Å². The van der Waals surface area contributed by atoms with Crippen molar-refractivity contribution in [3.8, 4) is 0 Å². The van der Waals surface area contributed by atoms with Crippen LogP contribution in [0.2, 0.25) is 0 Å². The molecule has 0 aromatic carbocycles. The number of hydrogen-bond donors (Lipinski definition) is 1. The van der Waals surface area contributed by atoms with E-state index >= 15 is 0 Å². The SMILES string of the molecule is CN(C)CCC(=O)NCC1(C)COC1. The predicted octanol–water partition coefficient (Wildman–Crippen LogP) is 0.0908. The minimum Gasteiger partial charge on any atom is -0.380 e. The van der Waals surface area contributed by atoms with Crippen molar-refractivity contribution in [2.24, 2.45) is 5.41 Å². The Morgan fingerprint density at radius 1 is 1.50 bits per heavy atom. The Bertz CT molecular complexity index is 200. The minimum atomic E-state index is 0.131. The van der Waals surface area contributed by atoms with E-state index in [4.69, 9.17) is 4.74 Å². The van der Waals surface area contributed by atoms with E-state index in [-0.39, 0.29) is 11.3 Å². The lowest BCUT2D eigenvalue weighted by Crippen LogP contribution is -2.48. The highest BCUT2D eigenvalue weighted by molar-refractivity contribution is 5.76. The van der Waals surface area contributed by atoms with Crippen molar-refractivity contribution in [3.05, 3.63) is 0 Å². The van der Waals surface area contributed by atoms with Gasteiger partial charge in [0.05, 0.1) is 13.2 Å². The summed E-state index contributed by atoms with van der Waals surface area (Å²) in [5.74, 6) is 0.131. The van der Waals surface area contributed by atoms with Crippen molar-refractivity contribution in [3.63, 3.8) is 0 Å². The average molecular weight is 200 g/mol. The standard InChI is InChI=1S/C10H20N2O2/c1-10(7-14-8-10)6-11-9(13)4-5-12(2)3/h4-8H2,1-3H3,(H,11,13). The van der Waals surface area contributed by atoms with Crippen LogP contribution in [0.4, 0.5) is 0 Å². The summed E-state index contributed by atoms with van der Waals surface area (Å²) >= 11 is 0. The molecule has 1 rings (SSSR count). The van der Waals surface area contributed by atoms with E-state index in [9.17, 15) is 4.79 Å². The third kappa shape index (κ3) is 3.64. The van der Waals surface area contributed by atoms with Crippen LogP contribution in [0.3, 0.4) is 0 Å². The molecule has 82 valence electrons. The molecule has 4 nitrogen and oxygen atoms in total. The highest BCUT2D eigenvalue weighted by atomic mass is 16.5. The van der Waals surface area contributed by atoms with Crippen LogP contribution in [0.5, 0.6) is 0 Å². The fourth-order valence-corrected chi connectivity index (χ4v) is 1.28. The summed E-state index contributed by atoms with van der Waals surface area (Å²) in [7, 11) is 3.93. The Balaban J connectivity index is 2.08. The molecule has 0 radical (unpaired) electrons. The van der Waals surface area contributed by atoms with Crippen LogP contribution in [0, 0.1) is 5.41 Å². The summed E-state index contributed by atoms with van der Waals surface area (Å²) in [4.78, 5) is 13.4. The number of rotatable bonds is 5. The zero-order valence-electron chi connectivity index (χ0n) is 9.30. The zero-order valence-corrected chi connectivity index (χ0v) is 9.30. The quantitative estimate of drug-likeness (QED) is 0.684. The molecule has 0 unspecified atom stereocenters. The normalized spacial score (nSPS) is 19.1. The molecule has 0 bridgehead atoms. The van der Waals surface area contributed by atoms with E-state index in [2.05, 4.69) is 12.2 Å². The Hall–Kier alpha value is -0.610. The maximum Gasteiger partial charge on any atom is 0.221 e. The first-order valence-electron chi connectivity index (χ1n) is 5.01. The minimum absolute atomic E-state index is 0.131. The van der Waals surface area contributed by atoms with Gasteiger partial charge in [-0.05, 0) is 14.1 Å². The highest BCUT2D eigenvalue weighted by Gasteiger charge is 2.33. The average Bonchev–Trinajstić information content (AvgIpc) is 2.08. The van der Waals surface area contributed by atoms with E-state index in [0.717, 1.165) is 26.3 Å². The Kier molecular flexibility index (Phi) is 3.89. The topological polar surface area (TPSA) is 41.6 Å². The van der Waals surface area contributed by atoms with Gasteiger partial charge in [-0.1, -0.05) is 6.92 Å². The summed E-state index contributed by atoms with van der Waals surface area (Å²) in [6, 6.07) is 0. The van der Waals surface area contributed by atoms with Gasteiger partial charge in [-0.3, -0.25) is 4.79 Å². The molecular weight excluding hydrogens is 180 g/mol. The number of amides is 1. The molecule has 1 aliphatic heterocycles. The van der Waals surface area contributed by atoms with Gasteiger partial charge in [0, 0.05) is 24.9 Å². The molecule has 14 heavy (non-hydrogen) atoms. The molecule has 0 saturated carbocycles. The zero-order chi connectivity index (χ0) is 10.6. The summed E-state index contributed by atoms with van der Waals surface area (Å²) in [5, 5.41) is 2.93. The van der Waals surface area contributed by atoms with Crippen LogP contribution >= 0.6 is 0 Å². The van der Waals surface area contributed by atoms with Crippen molar-refractivity contribution in [1.82, 2.24) is 10.2 Å². The van der Waals surface area contributed by atoms with Gasteiger partial charge in [0.25, 0.3) is 0 Å². The van der Waals surface area contributed by atoms with Crippen molar-refractivity contribution in [2.45, 2.75) is 13.3 Å². The van der Waals surface area contributed by atoms with Gasteiger partial charge >= 0.3 is 0 Å². The van der Waals surface area contributed by atoms with Gasteiger partial charge in [-0.25, -0.2) is 0 Å². The molecule has 1 aliphatic rings. The third-order valence-electron chi connectivity index (χ3n) is 2.40. The molecule has 0 aliphatic carbocycles. The molecule has 0 aromatic rings. The molecule has 0 atom stereocenters. The second-order valence-corrected chi connectivity index (χ2v) is 4.63. The lowest BCUT2D eigenvalue weighted by atomic mass is 9.89.